The highest BCUT2D eigenvalue weighted by molar-refractivity contribution is 5.72. The van der Waals surface area contributed by atoms with Crippen molar-refractivity contribution in [2.75, 3.05) is 13.1 Å². The summed E-state index contributed by atoms with van der Waals surface area (Å²) in [6, 6.07) is 8.52. The Kier molecular flexibility index (Phi) is 5.81. The number of benzene rings is 1. The van der Waals surface area contributed by atoms with Gasteiger partial charge in [-0.3, -0.25) is 0 Å². The van der Waals surface area contributed by atoms with E-state index in [1.165, 1.54) is 4.90 Å². The van der Waals surface area contributed by atoms with Crippen LogP contribution in [0.2, 0.25) is 0 Å². The second-order valence-corrected chi connectivity index (χ2v) is 5.88. The van der Waals surface area contributed by atoms with Crippen molar-refractivity contribution in [2.45, 2.75) is 32.1 Å². The summed E-state index contributed by atoms with van der Waals surface area (Å²) in [6.45, 7) is 2.56. The molecule has 1 heterocycles. The van der Waals surface area contributed by atoms with Crippen LogP contribution < -0.4 is 11.1 Å². The van der Waals surface area contributed by atoms with Gasteiger partial charge in [-0.15, -0.1) is 0 Å². The summed E-state index contributed by atoms with van der Waals surface area (Å²) in [4.78, 5) is 24.7. The quantitative estimate of drug-likeness (QED) is 0.771. The number of ether oxygens (including phenoxy) is 1. The maximum Gasteiger partial charge on any atom is 0.407 e. The molecule has 3 atom stereocenters. The first kappa shape index (κ1) is 17.1. The zero-order valence-corrected chi connectivity index (χ0v) is 13.1. The number of nitrogens with zero attached hydrogens (tertiary/aromatic N) is 1. The molecule has 7 nitrogen and oxygen atoms in total. The first-order valence-corrected chi connectivity index (χ1v) is 7.65. The van der Waals surface area contributed by atoms with Crippen molar-refractivity contribution < 1.29 is 19.4 Å². The van der Waals surface area contributed by atoms with E-state index in [0.29, 0.717) is 19.5 Å². The Morgan fingerprint density at radius 3 is 2.70 bits per heavy atom. The highest BCUT2D eigenvalue weighted by atomic mass is 16.5. The van der Waals surface area contributed by atoms with Gasteiger partial charge in [0.15, 0.2) is 0 Å². The highest BCUT2D eigenvalue weighted by Crippen LogP contribution is 2.20. The molecular formula is C16H23N3O4. The van der Waals surface area contributed by atoms with E-state index in [1.807, 2.05) is 30.3 Å². The normalized spacial score (nSPS) is 22.3. The number of hydrogen-bond acceptors (Lipinski definition) is 4. The third kappa shape index (κ3) is 5.14. The summed E-state index contributed by atoms with van der Waals surface area (Å²) >= 11 is 0. The van der Waals surface area contributed by atoms with Gasteiger partial charge in [-0.25, -0.2) is 9.59 Å². The van der Waals surface area contributed by atoms with E-state index in [0.717, 1.165) is 5.56 Å². The largest absolute Gasteiger partial charge is 0.445 e. The van der Waals surface area contributed by atoms with Gasteiger partial charge in [0, 0.05) is 19.0 Å². The number of urea groups is 1. The maximum absolute atomic E-state index is 11.9. The molecule has 0 radical (unpaired) electrons. The zero-order valence-electron chi connectivity index (χ0n) is 13.1. The molecule has 7 heteroatoms. The van der Waals surface area contributed by atoms with Crippen LogP contribution in [0.1, 0.15) is 18.9 Å². The number of rotatable bonds is 4. The predicted octanol–water partition coefficient (Wildman–Crippen LogP) is 1.06. The number of nitrogens with two attached hydrogens (primary N) is 1. The van der Waals surface area contributed by atoms with E-state index in [1.54, 1.807) is 6.92 Å². The van der Waals surface area contributed by atoms with Crippen LogP contribution >= 0.6 is 0 Å². The molecule has 4 N–H and O–H groups in total. The van der Waals surface area contributed by atoms with Gasteiger partial charge >= 0.3 is 12.1 Å². The van der Waals surface area contributed by atoms with Crippen LogP contribution in [0.5, 0.6) is 0 Å². The molecule has 0 spiro atoms. The molecule has 3 amide bonds. The van der Waals surface area contributed by atoms with Crippen LogP contribution in [-0.2, 0) is 11.3 Å². The van der Waals surface area contributed by atoms with Gasteiger partial charge in [-0.05, 0) is 18.9 Å². The monoisotopic (exact) mass is 321 g/mol. The average molecular weight is 321 g/mol. The van der Waals surface area contributed by atoms with Crippen molar-refractivity contribution in [1.29, 1.82) is 0 Å². The second-order valence-electron chi connectivity index (χ2n) is 5.88. The Labute approximate surface area is 135 Å². The first-order chi connectivity index (χ1) is 11.0. The number of piperidine rings is 1. The lowest BCUT2D eigenvalue weighted by Gasteiger charge is -2.38. The Bertz CT molecular complexity index is 535. The molecule has 1 fully saturated rings. The van der Waals surface area contributed by atoms with Crippen LogP contribution in [0.15, 0.2) is 30.3 Å². The Hall–Kier alpha value is -2.28. The Balaban J connectivity index is 1.87. The molecule has 1 aromatic carbocycles. The fourth-order valence-corrected chi connectivity index (χ4v) is 2.70. The lowest BCUT2D eigenvalue weighted by Crippen LogP contribution is -2.55. The zero-order chi connectivity index (χ0) is 16.8. The molecule has 0 bridgehead atoms. The van der Waals surface area contributed by atoms with E-state index < -0.39 is 18.2 Å². The maximum atomic E-state index is 11.9. The third-order valence-electron chi connectivity index (χ3n) is 4.01. The summed E-state index contributed by atoms with van der Waals surface area (Å²) in [7, 11) is 0. The third-order valence-corrected chi connectivity index (χ3v) is 4.01. The van der Waals surface area contributed by atoms with E-state index in [-0.39, 0.29) is 18.6 Å². The number of amides is 3. The number of nitrogens with one attached hydrogen (secondary N) is 1. The number of aliphatic hydroxyl groups excluding tert-OH is 1. The lowest BCUT2D eigenvalue weighted by atomic mass is 9.90. The van der Waals surface area contributed by atoms with E-state index in [2.05, 4.69) is 5.32 Å². The number of carbonyl (C=O) groups is 2. The molecule has 2 rings (SSSR count). The van der Waals surface area contributed by atoms with Crippen LogP contribution in [0.3, 0.4) is 0 Å². The van der Waals surface area contributed by atoms with Gasteiger partial charge in [0.2, 0.25) is 0 Å². The number of carbonyl (C=O) groups excluding carboxylic acids is 2. The molecule has 1 aliphatic rings. The Morgan fingerprint density at radius 2 is 2.09 bits per heavy atom. The van der Waals surface area contributed by atoms with Crippen molar-refractivity contribution in [3.63, 3.8) is 0 Å². The molecule has 3 unspecified atom stereocenters. The van der Waals surface area contributed by atoms with Crippen molar-refractivity contribution in [1.82, 2.24) is 10.2 Å². The van der Waals surface area contributed by atoms with Crippen molar-refractivity contribution in [3.05, 3.63) is 35.9 Å². The molecule has 0 aliphatic carbocycles. The number of aliphatic hydroxyl groups is 1. The second kappa shape index (κ2) is 7.82. The smallest absolute Gasteiger partial charge is 0.407 e. The van der Waals surface area contributed by atoms with Gasteiger partial charge in [0.25, 0.3) is 0 Å². The van der Waals surface area contributed by atoms with Crippen molar-refractivity contribution in [3.8, 4) is 0 Å². The van der Waals surface area contributed by atoms with Crippen molar-refractivity contribution >= 4 is 12.1 Å². The molecule has 0 aromatic heterocycles. The molecule has 126 valence electrons. The minimum atomic E-state index is -0.582. The van der Waals surface area contributed by atoms with Crippen LogP contribution in [-0.4, -0.2) is 47.4 Å². The fraction of sp³-hybridized carbons (Fsp3) is 0.500. The summed E-state index contributed by atoms with van der Waals surface area (Å²) < 4.78 is 5.18. The molecule has 1 saturated heterocycles. The topological polar surface area (TPSA) is 105 Å². The number of likely N-dealkylation sites (tertiary alicyclic amines) is 1. The summed E-state index contributed by atoms with van der Waals surface area (Å²) in [5.74, 6) is -0.129. The fourth-order valence-electron chi connectivity index (χ4n) is 2.70. The minimum Gasteiger partial charge on any atom is -0.445 e. The molecule has 23 heavy (non-hydrogen) atoms. The van der Waals surface area contributed by atoms with Gasteiger partial charge in [-0.2, -0.15) is 0 Å². The van der Waals surface area contributed by atoms with E-state index in [9.17, 15) is 14.7 Å². The molecule has 0 saturated carbocycles. The summed E-state index contributed by atoms with van der Waals surface area (Å²) in [5, 5.41) is 12.5. The van der Waals surface area contributed by atoms with Gasteiger partial charge < -0.3 is 25.8 Å². The summed E-state index contributed by atoms with van der Waals surface area (Å²) in [6.07, 6.45) is -0.557. The van der Waals surface area contributed by atoms with Gasteiger partial charge in [0.05, 0.1) is 12.1 Å². The predicted molar refractivity (Wildman–Crippen MR) is 84.5 cm³/mol. The minimum absolute atomic E-state index is 0.129. The number of hydrogen-bond donors (Lipinski definition) is 3. The molecule has 1 aliphatic heterocycles. The van der Waals surface area contributed by atoms with Crippen LogP contribution in [0.4, 0.5) is 9.59 Å². The Morgan fingerprint density at radius 1 is 1.39 bits per heavy atom. The van der Waals surface area contributed by atoms with Crippen molar-refractivity contribution in [2.24, 2.45) is 11.7 Å². The van der Waals surface area contributed by atoms with Gasteiger partial charge in [0.1, 0.15) is 6.61 Å². The van der Waals surface area contributed by atoms with Crippen LogP contribution in [0, 0.1) is 5.92 Å². The number of alkyl carbamates (subject to hydrolysis) is 1. The highest BCUT2D eigenvalue weighted by Gasteiger charge is 2.32. The molecule has 1 aromatic rings. The average Bonchev–Trinajstić information content (AvgIpc) is 2.53. The SMILES string of the molecule is CC(O)C1CC(NC(=O)OCc2ccccc2)CN(C(N)=O)C1. The summed E-state index contributed by atoms with van der Waals surface area (Å²) in [5.41, 5.74) is 6.21. The van der Waals surface area contributed by atoms with Crippen LogP contribution in [0.25, 0.3) is 0 Å². The van der Waals surface area contributed by atoms with E-state index in [4.69, 9.17) is 10.5 Å². The number of primary amides is 1. The van der Waals surface area contributed by atoms with E-state index >= 15 is 0 Å². The molecular weight excluding hydrogens is 298 g/mol. The lowest BCUT2D eigenvalue weighted by molar-refractivity contribution is 0.0591. The van der Waals surface area contributed by atoms with Gasteiger partial charge in [-0.1, -0.05) is 30.3 Å². The first-order valence-electron chi connectivity index (χ1n) is 7.65. The standard InChI is InChI=1S/C16H23N3O4/c1-11(20)13-7-14(9-19(8-13)15(17)21)18-16(22)23-10-12-5-3-2-4-6-12/h2-6,11,13-14,20H,7-10H2,1H3,(H2,17,21)(H,18,22).